The zero-order valence-electron chi connectivity index (χ0n) is 10.3. The molecule has 1 atom stereocenters. The summed E-state index contributed by atoms with van der Waals surface area (Å²) in [6.45, 7) is 2.01. The molecule has 98 valence electrons. The fourth-order valence-electron chi connectivity index (χ4n) is 2.47. The van der Waals surface area contributed by atoms with Gasteiger partial charge >= 0.3 is 0 Å². The van der Waals surface area contributed by atoms with Crippen molar-refractivity contribution in [1.29, 1.82) is 0 Å². The first-order valence-electron chi connectivity index (χ1n) is 6.47. The fourth-order valence-corrected chi connectivity index (χ4v) is 2.66. The van der Waals surface area contributed by atoms with Crippen molar-refractivity contribution in [3.63, 3.8) is 0 Å². The molecule has 0 bridgehead atoms. The normalized spacial score (nSPS) is 23.6. The Bertz CT molecular complexity index is 445. The Kier molecular flexibility index (Phi) is 3.22. The predicted octanol–water partition coefficient (Wildman–Crippen LogP) is 2.01. The van der Waals surface area contributed by atoms with Crippen LogP contribution >= 0.6 is 11.6 Å². The average molecular weight is 268 g/mol. The molecule has 1 saturated carbocycles. The Morgan fingerprint density at radius 1 is 1.44 bits per heavy atom. The highest BCUT2D eigenvalue weighted by atomic mass is 35.5. The molecule has 1 heterocycles. The molecule has 0 amide bonds. The number of ether oxygens (including phenoxy) is 1. The van der Waals surface area contributed by atoms with E-state index in [1.807, 2.05) is 18.2 Å². The number of benzene rings is 1. The number of aliphatic hydroxyl groups excluding tert-OH is 1. The third-order valence-corrected chi connectivity index (χ3v) is 4.16. The first-order valence-corrected chi connectivity index (χ1v) is 6.85. The Hall–Kier alpha value is -0.770. The van der Waals surface area contributed by atoms with Gasteiger partial charge in [-0.05, 0) is 36.6 Å². The highest BCUT2D eigenvalue weighted by molar-refractivity contribution is 6.30. The zero-order valence-corrected chi connectivity index (χ0v) is 11.0. The van der Waals surface area contributed by atoms with E-state index in [2.05, 4.69) is 5.32 Å². The number of halogens is 1. The number of fused-ring (bicyclic) bond motifs is 1. The van der Waals surface area contributed by atoms with Crippen molar-refractivity contribution in [3.05, 3.63) is 28.8 Å². The Balaban J connectivity index is 1.49. The van der Waals surface area contributed by atoms with Gasteiger partial charge in [-0.15, -0.1) is 0 Å². The van der Waals surface area contributed by atoms with Crippen LogP contribution in [0, 0.1) is 5.41 Å². The lowest BCUT2D eigenvalue weighted by Gasteiger charge is -2.16. The van der Waals surface area contributed by atoms with Crippen molar-refractivity contribution in [3.8, 4) is 5.75 Å². The molecule has 2 N–H and O–H groups in total. The van der Waals surface area contributed by atoms with E-state index >= 15 is 0 Å². The fraction of sp³-hybridized carbons (Fsp3) is 0.571. The second-order valence-corrected chi connectivity index (χ2v) is 5.92. The van der Waals surface area contributed by atoms with E-state index in [9.17, 15) is 5.11 Å². The molecule has 4 heteroatoms. The van der Waals surface area contributed by atoms with Gasteiger partial charge < -0.3 is 15.2 Å². The van der Waals surface area contributed by atoms with Gasteiger partial charge in [0.05, 0.1) is 0 Å². The summed E-state index contributed by atoms with van der Waals surface area (Å²) in [5.41, 5.74) is 1.35. The SMILES string of the molecule is OCC1(CNCC2Cc3cc(Cl)ccc3O2)CC1. The molecule has 3 nitrogen and oxygen atoms in total. The summed E-state index contributed by atoms with van der Waals surface area (Å²) in [5, 5.41) is 13.4. The Morgan fingerprint density at radius 2 is 2.28 bits per heavy atom. The molecule has 1 aliphatic carbocycles. The van der Waals surface area contributed by atoms with Crippen LogP contribution in [0.15, 0.2) is 18.2 Å². The van der Waals surface area contributed by atoms with Gasteiger partial charge in [0, 0.05) is 36.6 Å². The largest absolute Gasteiger partial charge is 0.488 e. The summed E-state index contributed by atoms with van der Waals surface area (Å²) < 4.78 is 5.85. The Labute approximate surface area is 112 Å². The van der Waals surface area contributed by atoms with Crippen LogP contribution < -0.4 is 10.1 Å². The lowest BCUT2D eigenvalue weighted by molar-refractivity contribution is 0.191. The maximum atomic E-state index is 9.24. The van der Waals surface area contributed by atoms with E-state index in [-0.39, 0.29) is 11.5 Å². The summed E-state index contributed by atoms with van der Waals surface area (Å²) >= 11 is 5.96. The highest BCUT2D eigenvalue weighted by Crippen LogP contribution is 2.44. The molecule has 1 fully saturated rings. The number of rotatable bonds is 5. The van der Waals surface area contributed by atoms with Gasteiger partial charge in [-0.1, -0.05) is 11.6 Å². The topological polar surface area (TPSA) is 41.5 Å². The molecule has 0 saturated heterocycles. The molecule has 0 aromatic heterocycles. The molecule has 0 spiro atoms. The van der Waals surface area contributed by atoms with Gasteiger partial charge in [-0.2, -0.15) is 0 Å². The second kappa shape index (κ2) is 4.72. The standard InChI is InChI=1S/C14H18ClNO2/c15-11-1-2-13-10(5-11)6-12(18-13)7-16-8-14(9-17)3-4-14/h1-2,5,12,16-17H,3-4,6-9H2. The van der Waals surface area contributed by atoms with E-state index in [1.165, 1.54) is 5.56 Å². The summed E-state index contributed by atoms with van der Waals surface area (Å²) in [7, 11) is 0. The van der Waals surface area contributed by atoms with Crippen LogP contribution in [0.3, 0.4) is 0 Å². The lowest BCUT2D eigenvalue weighted by Crippen LogP contribution is -2.35. The molecule has 2 aliphatic rings. The van der Waals surface area contributed by atoms with Gasteiger partial charge in [0.2, 0.25) is 0 Å². The lowest BCUT2D eigenvalue weighted by atomic mass is 10.1. The first-order chi connectivity index (χ1) is 8.71. The molecule has 1 aromatic carbocycles. The summed E-state index contributed by atoms with van der Waals surface area (Å²) in [4.78, 5) is 0. The minimum absolute atomic E-state index is 0.161. The predicted molar refractivity (Wildman–Crippen MR) is 71.2 cm³/mol. The van der Waals surface area contributed by atoms with Crippen molar-refractivity contribution >= 4 is 11.6 Å². The maximum absolute atomic E-state index is 9.24. The highest BCUT2D eigenvalue weighted by Gasteiger charge is 2.41. The van der Waals surface area contributed by atoms with Crippen LogP contribution in [0.4, 0.5) is 0 Å². The van der Waals surface area contributed by atoms with Crippen LogP contribution in [0.2, 0.25) is 5.02 Å². The van der Waals surface area contributed by atoms with E-state index in [0.717, 1.165) is 43.1 Å². The summed E-state index contributed by atoms with van der Waals surface area (Å²) in [5.74, 6) is 0.953. The van der Waals surface area contributed by atoms with E-state index < -0.39 is 0 Å². The van der Waals surface area contributed by atoms with Gasteiger partial charge in [-0.25, -0.2) is 0 Å². The van der Waals surface area contributed by atoms with Crippen LogP contribution in [0.1, 0.15) is 18.4 Å². The van der Waals surface area contributed by atoms with Crippen LogP contribution in [-0.2, 0) is 6.42 Å². The van der Waals surface area contributed by atoms with Gasteiger partial charge in [0.25, 0.3) is 0 Å². The van der Waals surface area contributed by atoms with Crippen molar-refractivity contribution in [1.82, 2.24) is 5.32 Å². The van der Waals surface area contributed by atoms with Crippen molar-refractivity contribution in [2.75, 3.05) is 19.7 Å². The Morgan fingerprint density at radius 3 is 3.00 bits per heavy atom. The average Bonchev–Trinajstić information content (AvgIpc) is 3.02. The van der Waals surface area contributed by atoms with Gasteiger partial charge in [-0.3, -0.25) is 0 Å². The molecule has 18 heavy (non-hydrogen) atoms. The summed E-state index contributed by atoms with van der Waals surface area (Å²) in [6.07, 6.45) is 3.37. The molecule has 1 aromatic rings. The third kappa shape index (κ3) is 2.48. The number of hydrogen-bond donors (Lipinski definition) is 2. The molecule has 1 aliphatic heterocycles. The third-order valence-electron chi connectivity index (χ3n) is 3.93. The van der Waals surface area contributed by atoms with Crippen LogP contribution in [-0.4, -0.2) is 30.9 Å². The second-order valence-electron chi connectivity index (χ2n) is 5.49. The molecule has 0 radical (unpaired) electrons. The molecular weight excluding hydrogens is 250 g/mol. The number of nitrogens with one attached hydrogen (secondary N) is 1. The van der Waals surface area contributed by atoms with Crippen molar-refractivity contribution < 1.29 is 9.84 Å². The van der Waals surface area contributed by atoms with Crippen LogP contribution in [0.25, 0.3) is 0 Å². The van der Waals surface area contributed by atoms with Crippen molar-refractivity contribution in [2.45, 2.75) is 25.4 Å². The molecular formula is C14H18ClNO2. The molecule has 1 unspecified atom stereocenters. The van der Waals surface area contributed by atoms with E-state index in [4.69, 9.17) is 16.3 Å². The quantitative estimate of drug-likeness (QED) is 0.858. The smallest absolute Gasteiger partial charge is 0.123 e. The monoisotopic (exact) mass is 267 g/mol. The summed E-state index contributed by atoms with van der Waals surface area (Å²) in [6, 6.07) is 5.78. The number of aliphatic hydroxyl groups is 1. The molecule has 3 rings (SSSR count). The van der Waals surface area contributed by atoms with E-state index in [0.29, 0.717) is 6.61 Å². The van der Waals surface area contributed by atoms with Crippen molar-refractivity contribution in [2.24, 2.45) is 5.41 Å². The minimum atomic E-state index is 0.161. The van der Waals surface area contributed by atoms with Gasteiger partial charge in [0.15, 0.2) is 0 Å². The number of hydrogen-bond acceptors (Lipinski definition) is 3. The zero-order chi connectivity index (χ0) is 12.6. The maximum Gasteiger partial charge on any atom is 0.123 e. The first kappa shape index (κ1) is 12.3. The van der Waals surface area contributed by atoms with Crippen LogP contribution in [0.5, 0.6) is 5.75 Å². The van der Waals surface area contributed by atoms with Gasteiger partial charge in [0.1, 0.15) is 11.9 Å². The minimum Gasteiger partial charge on any atom is -0.488 e. The van der Waals surface area contributed by atoms with E-state index in [1.54, 1.807) is 0 Å².